The number of hydrogen-bond acceptors (Lipinski definition) is 6. The first kappa shape index (κ1) is 24.3. The predicted molar refractivity (Wildman–Crippen MR) is 130 cm³/mol. The van der Waals surface area contributed by atoms with Gasteiger partial charge in [0.15, 0.2) is 17.2 Å². The number of benzene rings is 2. The fourth-order valence-corrected chi connectivity index (χ4v) is 3.44. The van der Waals surface area contributed by atoms with Gasteiger partial charge in [-0.15, -0.1) is 10.2 Å². The summed E-state index contributed by atoms with van der Waals surface area (Å²) in [4.78, 5) is 12.4. The summed E-state index contributed by atoms with van der Waals surface area (Å²) in [5, 5.41) is 29.1. The number of aromatic hydroxyl groups is 2. The Bertz CT molecular complexity index is 1270. The van der Waals surface area contributed by atoms with Gasteiger partial charge < -0.3 is 24.3 Å². The summed E-state index contributed by atoms with van der Waals surface area (Å²) in [5.74, 6) is 0.109. The Kier molecular flexibility index (Phi) is 8.23. The maximum Gasteiger partial charge on any atom is 0.299 e. The molecule has 1 amide bonds. The maximum absolute atomic E-state index is 12.4. The van der Waals surface area contributed by atoms with Gasteiger partial charge in [0.1, 0.15) is 5.75 Å². The van der Waals surface area contributed by atoms with Crippen LogP contribution in [0.25, 0.3) is 10.9 Å². The highest BCUT2D eigenvalue weighted by Gasteiger charge is 2.17. The largest absolute Gasteiger partial charge is 0.507 e. The zero-order valence-corrected chi connectivity index (χ0v) is 19.1. The molecule has 0 aliphatic rings. The van der Waals surface area contributed by atoms with Crippen LogP contribution in [0.2, 0.25) is 0 Å². The topological polar surface area (TPSA) is 106 Å². The Morgan fingerprint density at radius 2 is 1.85 bits per heavy atom. The fourth-order valence-electron chi connectivity index (χ4n) is 3.44. The molecule has 0 aliphatic heterocycles. The van der Waals surface area contributed by atoms with E-state index in [0.29, 0.717) is 36.5 Å². The first-order valence-corrected chi connectivity index (χ1v) is 10.8. The van der Waals surface area contributed by atoms with Crippen LogP contribution in [0.3, 0.4) is 0 Å². The van der Waals surface area contributed by atoms with Crippen molar-refractivity contribution in [1.82, 2.24) is 4.57 Å². The lowest BCUT2D eigenvalue weighted by Crippen LogP contribution is -1.97. The number of allylic oxidation sites excluding steroid dienone is 3. The fraction of sp³-hybridized carbons (Fsp3) is 0.192. The van der Waals surface area contributed by atoms with E-state index < -0.39 is 5.91 Å². The third-order valence-electron chi connectivity index (χ3n) is 5.03. The van der Waals surface area contributed by atoms with E-state index in [2.05, 4.69) is 16.8 Å². The number of para-hydroxylation sites is 2. The maximum atomic E-state index is 12.4. The van der Waals surface area contributed by atoms with Crippen LogP contribution in [0.1, 0.15) is 23.7 Å². The first-order valence-electron chi connectivity index (χ1n) is 10.8. The Morgan fingerprint density at radius 3 is 2.56 bits per heavy atom. The molecule has 8 heteroatoms. The Labute approximate surface area is 197 Å². The summed E-state index contributed by atoms with van der Waals surface area (Å²) in [5.41, 5.74) is 0.973. The minimum absolute atomic E-state index is 0.0349. The average molecular weight is 462 g/mol. The number of phenols is 1. The number of ether oxygens (including phenoxy) is 2. The lowest BCUT2D eigenvalue weighted by Gasteiger charge is -2.09. The van der Waals surface area contributed by atoms with E-state index in [-0.39, 0.29) is 22.9 Å². The van der Waals surface area contributed by atoms with Gasteiger partial charge in [-0.25, -0.2) is 0 Å². The Morgan fingerprint density at radius 1 is 1.12 bits per heavy atom. The van der Waals surface area contributed by atoms with Crippen molar-refractivity contribution in [3.8, 4) is 11.6 Å². The molecule has 0 spiro atoms. The van der Waals surface area contributed by atoms with Gasteiger partial charge in [-0.3, -0.25) is 4.79 Å². The van der Waals surface area contributed by atoms with Crippen LogP contribution in [0, 0.1) is 0 Å². The third kappa shape index (κ3) is 5.35. The number of phenolic OH excluding ortho intramolecular Hbond substituents is 1. The van der Waals surface area contributed by atoms with Gasteiger partial charge in [0.2, 0.25) is 5.88 Å². The number of carbonyl (C=O) groups is 1. The van der Waals surface area contributed by atoms with Crippen LogP contribution in [0.4, 0.5) is 5.69 Å². The van der Waals surface area contributed by atoms with Gasteiger partial charge in [0.25, 0.3) is 5.91 Å². The minimum Gasteiger partial charge on any atom is -0.507 e. The van der Waals surface area contributed by atoms with Gasteiger partial charge in [-0.05, 0) is 43.7 Å². The van der Waals surface area contributed by atoms with Crippen molar-refractivity contribution in [2.75, 3.05) is 13.7 Å². The van der Waals surface area contributed by atoms with E-state index in [9.17, 15) is 15.0 Å². The van der Waals surface area contributed by atoms with E-state index in [1.807, 2.05) is 31.2 Å². The van der Waals surface area contributed by atoms with Gasteiger partial charge in [-0.1, -0.05) is 43.0 Å². The summed E-state index contributed by atoms with van der Waals surface area (Å²) in [6.07, 6.45) is 5.86. The third-order valence-corrected chi connectivity index (χ3v) is 5.03. The van der Waals surface area contributed by atoms with Crippen LogP contribution in [0.5, 0.6) is 11.6 Å². The molecule has 0 radical (unpaired) electrons. The van der Waals surface area contributed by atoms with Crippen molar-refractivity contribution in [2.45, 2.75) is 19.9 Å². The highest BCUT2D eigenvalue weighted by Crippen LogP contribution is 2.39. The molecule has 0 fully saturated rings. The molecule has 0 atom stereocenters. The Balaban J connectivity index is 1.86. The number of amides is 1. The van der Waals surface area contributed by atoms with Crippen LogP contribution >= 0.6 is 0 Å². The molecular weight excluding hydrogens is 434 g/mol. The van der Waals surface area contributed by atoms with Crippen LogP contribution in [-0.2, 0) is 16.0 Å². The molecule has 1 aromatic heterocycles. The zero-order valence-electron chi connectivity index (χ0n) is 19.1. The zero-order chi connectivity index (χ0) is 24.5. The van der Waals surface area contributed by atoms with Gasteiger partial charge in [-0.2, -0.15) is 0 Å². The molecular formula is C26H27N3O5. The molecule has 176 valence electrons. The van der Waals surface area contributed by atoms with Crippen molar-refractivity contribution < 1.29 is 24.5 Å². The summed E-state index contributed by atoms with van der Waals surface area (Å²) >= 11 is 0. The Hall–Kier alpha value is -4.33. The van der Waals surface area contributed by atoms with E-state index in [1.54, 1.807) is 42.0 Å². The molecule has 0 aliphatic carbocycles. The predicted octanol–water partition coefficient (Wildman–Crippen LogP) is 6.00. The van der Waals surface area contributed by atoms with Gasteiger partial charge >= 0.3 is 0 Å². The second kappa shape index (κ2) is 11.5. The highest BCUT2D eigenvalue weighted by molar-refractivity contribution is 5.98. The van der Waals surface area contributed by atoms with Crippen molar-refractivity contribution in [2.24, 2.45) is 10.2 Å². The van der Waals surface area contributed by atoms with E-state index >= 15 is 0 Å². The lowest BCUT2D eigenvalue weighted by atomic mass is 10.2. The van der Waals surface area contributed by atoms with Gasteiger partial charge in [0, 0.05) is 11.9 Å². The SMILES string of the molecule is C=C/C(OC)=C(\C=C/CCn1c(O)c(N=NC(=O)c2ccccc2O)c2ccccc21)OCC. The molecule has 3 aromatic rings. The standard InChI is InChI=1S/C26H27N3O5/c1-4-22(33-3)23(34-5-2)16-10-11-17-29-20-14-8-6-12-18(20)24(26(29)32)27-28-25(31)19-13-7-9-15-21(19)30/h4,6-10,12-16,30,32H,1,5,11,17H2,2-3H3/b16-10-,23-22-,28-27?. The number of fused-ring (bicyclic) bond motifs is 1. The number of aryl methyl sites for hydroxylation is 1. The smallest absolute Gasteiger partial charge is 0.299 e. The summed E-state index contributed by atoms with van der Waals surface area (Å²) in [6, 6.07) is 13.4. The van der Waals surface area contributed by atoms with Crippen molar-refractivity contribution in [3.63, 3.8) is 0 Å². The highest BCUT2D eigenvalue weighted by atomic mass is 16.5. The van der Waals surface area contributed by atoms with E-state index in [4.69, 9.17) is 9.47 Å². The normalized spacial score (nSPS) is 12.3. The molecule has 3 rings (SSSR count). The summed E-state index contributed by atoms with van der Waals surface area (Å²) in [6.45, 7) is 6.53. The number of carbonyl (C=O) groups excluding carboxylic acids is 1. The molecule has 8 nitrogen and oxygen atoms in total. The van der Waals surface area contributed by atoms with Crippen molar-refractivity contribution >= 4 is 22.5 Å². The van der Waals surface area contributed by atoms with Crippen molar-refractivity contribution in [3.05, 3.63) is 90.4 Å². The quantitative estimate of drug-likeness (QED) is 0.219. The van der Waals surface area contributed by atoms with E-state index in [1.165, 1.54) is 12.1 Å². The van der Waals surface area contributed by atoms with Crippen molar-refractivity contribution in [1.29, 1.82) is 0 Å². The number of methoxy groups -OCH3 is 1. The molecule has 2 N–H and O–H groups in total. The molecule has 0 unspecified atom stereocenters. The second-order valence-electron chi connectivity index (χ2n) is 7.12. The molecule has 0 saturated heterocycles. The number of aromatic nitrogens is 1. The summed E-state index contributed by atoms with van der Waals surface area (Å²) < 4.78 is 12.6. The molecule has 0 bridgehead atoms. The average Bonchev–Trinajstić information content (AvgIpc) is 3.11. The second-order valence-corrected chi connectivity index (χ2v) is 7.12. The van der Waals surface area contributed by atoms with E-state index in [0.717, 1.165) is 5.52 Å². The number of hydrogen-bond donors (Lipinski definition) is 2. The minimum atomic E-state index is -0.705. The molecule has 34 heavy (non-hydrogen) atoms. The molecule has 1 heterocycles. The van der Waals surface area contributed by atoms with Crippen LogP contribution in [-0.4, -0.2) is 34.4 Å². The number of nitrogens with zero attached hydrogens (tertiary/aromatic N) is 3. The molecule has 2 aromatic carbocycles. The van der Waals surface area contributed by atoms with Crippen LogP contribution < -0.4 is 0 Å². The monoisotopic (exact) mass is 461 g/mol. The van der Waals surface area contributed by atoms with Crippen LogP contribution in [0.15, 0.2) is 95.1 Å². The summed E-state index contributed by atoms with van der Waals surface area (Å²) in [7, 11) is 1.55. The number of rotatable bonds is 10. The number of azo groups is 1. The lowest BCUT2D eigenvalue weighted by molar-refractivity contribution is 0.0992. The first-order chi connectivity index (χ1) is 16.5. The molecule has 0 saturated carbocycles. The van der Waals surface area contributed by atoms with Gasteiger partial charge in [0.05, 0.1) is 24.8 Å².